The van der Waals surface area contributed by atoms with E-state index < -0.39 is 12.0 Å². The molecule has 0 aliphatic rings. The molecule has 0 unspecified atom stereocenters. The number of nitrogens with zero attached hydrogens (tertiary/aromatic N) is 3. The molecule has 2 aromatic heterocycles. The lowest BCUT2D eigenvalue weighted by Crippen LogP contribution is -2.30. The highest BCUT2D eigenvalue weighted by molar-refractivity contribution is 5.43. The summed E-state index contributed by atoms with van der Waals surface area (Å²) in [4.78, 5) is 3.40. The molecule has 0 aliphatic heterocycles. The molecule has 0 bridgehead atoms. The molecule has 7 heteroatoms. The summed E-state index contributed by atoms with van der Waals surface area (Å²) in [6, 6.07) is 5.11. The lowest BCUT2D eigenvalue weighted by molar-refractivity contribution is -0.660. The van der Waals surface area contributed by atoms with Crippen molar-refractivity contribution in [2.75, 3.05) is 0 Å². The molecule has 0 aromatic carbocycles. The Hall–Kier alpha value is -1.92. The summed E-state index contributed by atoms with van der Waals surface area (Å²) < 4.78 is 38.5. The minimum atomic E-state index is -4.50. The van der Waals surface area contributed by atoms with E-state index in [2.05, 4.69) is 10.1 Å². The van der Waals surface area contributed by atoms with Crippen LogP contribution < -0.4 is 4.57 Å². The molecule has 0 fully saturated rings. The molecule has 2 aromatic rings. The second-order valence-corrected chi connectivity index (χ2v) is 3.20. The predicted molar refractivity (Wildman–Crippen MR) is 48.0 cm³/mol. The van der Waals surface area contributed by atoms with Crippen LogP contribution >= 0.6 is 0 Å². The van der Waals surface area contributed by atoms with E-state index in [1.807, 2.05) is 5.10 Å². The van der Waals surface area contributed by atoms with Gasteiger partial charge in [-0.2, -0.15) is 22.7 Å². The zero-order valence-corrected chi connectivity index (χ0v) is 8.28. The minimum Gasteiger partial charge on any atom is -0.255 e. The Balaban J connectivity index is 2.44. The third-order valence-electron chi connectivity index (χ3n) is 2.04. The van der Waals surface area contributed by atoms with Gasteiger partial charge in [-0.3, -0.25) is 5.10 Å². The summed E-state index contributed by atoms with van der Waals surface area (Å²) in [5, 5.41) is 5.41. The average molecular weight is 229 g/mol. The van der Waals surface area contributed by atoms with Gasteiger partial charge in [-0.25, -0.2) is 0 Å². The zero-order valence-electron chi connectivity index (χ0n) is 8.28. The fourth-order valence-electron chi connectivity index (χ4n) is 1.26. The normalized spacial score (nSPS) is 11.8. The summed E-state index contributed by atoms with van der Waals surface area (Å²) in [5.41, 5.74) is 0.509. The lowest BCUT2D eigenvalue weighted by atomic mass is 10.3. The first-order valence-corrected chi connectivity index (χ1v) is 4.43. The number of alkyl halides is 3. The van der Waals surface area contributed by atoms with Gasteiger partial charge >= 0.3 is 6.18 Å². The van der Waals surface area contributed by atoms with Crippen LogP contribution in [0, 0.1) is 0 Å². The number of hydrogen-bond acceptors (Lipinski definition) is 2. The molecule has 0 saturated carbocycles. The highest BCUT2D eigenvalue weighted by Gasteiger charge is 2.36. The fraction of sp³-hybridized carbons (Fsp3) is 0.222. The Morgan fingerprint density at radius 3 is 2.62 bits per heavy atom. The van der Waals surface area contributed by atoms with Gasteiger partial charge in [-0.15, -0.1) is 5.10 Å². The summed E-state index contributed by atoms with van der Waals surface area (Å²) in [7, 11) is 1.71. The van der Waals surface area contributed by atoms with Crippen molar-refractivity contribution in [2.24, 2.45) is 7.05 Å². The number of rotatable bonds is 1. The molecule has 0 aliphatic carbocycles. The zero-order chi connectivity index (χ0) is 11.8. The second kappa shape index (κ2) is 3.58. The molecular formula is C9H8F3N4+. The maximum Gasteiger partial charge on any atom is 0.451 e. The number of aromatic nitrogens is 4. The Morgan fingerprint density at radius 1 is 1.31 bits per heavy atom. The Morgan fingerprint density at radius 2 is 2.06 bits per heavy atom. The Bertz CT molecular complexity index is 503. The maximum absolute atomic E-state index is 12.3. The molecule has 2 rings (SSSR count). The highest BCUT2D eigenvalue weighted by Crippen LogP contribution is 2.26. The van der Waals surface area contributed by atoms with Crippen molar-refractivity contribution >= 4 is 0 Å². The molecule has 0 radical (unpaired) electrons. The number of hydrogen-bond donors (Lipinski definition) is 1. The van der Waals surface area contributed by atoms with Gasteiger partial charge in [0.15, 0.2) is 6.20 Å². The van der Waals surface area contributed by atoms with Gasteiger partial charge in [0.05, 0.1) is 0 Å². The summed E-state index contributed by atoms with van der Waals surface area (Å²) in [6.45, 7) is 0. The summed E-state index contributed by atoms with van der Waals surface area (Å²) in [6.07, 6.45) is -2.79. The molecule has 0 amide bonds. The molecule has 1 N–H and O–H groups in total. The van der Waals surface area contributed by atoms with Crippen molar-refractivity contribution in [3.63, 3.8) is 0 Å². The van der Waals surface area contributed by atoms with Crippen LogP contribution in [0.5, 0.6) is 0 Å². The fourth-order valence-corrected chi connectivity index (χ4v) is 1.26. The van der Waals surface area contributed by atoms with Gasteiger partial charge in [0.25, 0.3) is 5.69 Å². The quantitative estimate of drug-likeness (QED) is 0.749. The van der Waals surface area contributed by atoms with E-state index in [9.17, 15) is 13.2 Å². The van der Waals surface area contributed by atoms with Crippen molar-refractivity contribution in [1.29, 1.82) is 0 Å². The van der Waals surface area contributed by atoms with Gasteiger partial charge < -0.3 is 0 Å². The maximum atomic E-state index is 12.3. The van der Waals surface area contributed by atoms with Crippen LogP contribution in [-0.4, -0.2) is 15.2 Å². The van der Waals surface area contributed by atoms with Crippen molar-refractivity contribution in [1.82, 2.24) is 15.2 Å². The van der Waals surface area contributed by atoms with E-state index in [4.69, 9.17) is 0 Å². The second-order valence-electron chi connectivity index (χ2n) is 3.20. The standard InChI is InChI=1S/C9H7F3N4/c1-16-5-3-2-4-6(16)7-13-8(15-14-7)9(10,11)12/h2-5H,1H3/p+1. The van der Waals surface area contributed by atoms with Crippen LogP contribution in [-0.2, 0) is 13.2 Å². The number of pyridine rings is 1. The first-order valence-electron chi connectivity index (χ1n) is 4.43. The molecule has 0 atom stereocenters. The van der Waals surface area contributed by atoms with Crippen molar-refractivity contribution in [3.8, 4) is 11.5 Å². The van der Waals surface area contributed by atoms with Gasteiger partial charge in [0, 0.05) is 12.1 Å². The van der Waals surface area contributed by atoms with Crippen molar-refractivity contribution in [2.45, 2.75) is 6.18 Å². The first-order chi connectivity index (χ1) is 7.48. The first kappa shape index (κ1) is 10.6. The van der Waals surface area contributed by atoms with E-state index >= 15 is 0 Å². The summed E-state index contributed by atoms with van der Waals surface area (Å²) >= 11 is 0. The van der Waals surface area contributed by atoms with Gasteiger partial charge in [0.1, 0.15) is 7.05 Å². The van der Waals surface area contributed by atoms with E-state index in [0.717, 1.165) is 0 Å². The molecule has 0 saturated heterocycles. The number of aryl methyl sites for hydroxylation is 1. The third-order valence-corrected chi connectivity index (χ3v) is 2.04. The largest absolute Gasteiger partial charge is 0.451 e. The number of halogens is 3. The molecule has 16 heavy (non-hydrogen) atoms. The molecule has 4 nitrogen and oxygen atoms in total. The number of H-pyrrole nitrogens is 1. The van der Waals surface area contributed by atoms with E-state index in [1.165, 1.54) is 0 Å². The van der Waals surface area contributed by atoms with Gasteiger partial charge in [-0.1, -0.05) is 0 Å². The monoisotopic (exact) mass is 229 g/mol. The van der Waals surface area contributed by atoms with Crippen LogP contribution in [0.1, 0.15) is 5.82 Å². The molecule has 84 valence electrons. The molecule has 2 heterocycles. The smallest absolute Gasteiger partial charge is 0.255 e. The minimum absolute atomic E-state index is 0.0235. The lowest BCUT2D eigenvalue weighted by Gasteiger charge is -1.98. The van der Waals surface area contributed by atoms with E-state index in [0.29, 0.717) is 5.69 Å². The molecule has 0 spiro atoms. The predicted octanol–water partition coefficient (Wildman–Crippen LogP) is 1.31. The van der Waals surface area contributed by atoms with Crippen LogP contribution in [0.25, 0.3) is 11.5 Å². The van der Waals surface area contributed by atoms with Crippen LogP contribution in [0.4, 0.5) is 13.2 Å². The number of aromatic amines is 1. The average Bonchev–Trinajstić information content (AvgIpc) is 2.66. The van der Waals surface area contributed by atoms with Gasteiger partial charge in [-0.05, 0) is 6.07 Å². The van der Waals surface area contributed by atoms with E-state index in [-0.39, 0.29) is 5.82 Å². The highest BCUT2D eigenvalue weighted by atomic mass is 19.4. The van der Waals surface area contributed by atoms with Crippen molar-refractivity contribution in [3.05, 3.63) is 30.2 Å². The summed E-state index contributed by atoms with van der Waals surface area (Å²) in [5.74, 6) is -1.07. The van der Waals surface area contributed by atoms with E-state index in [1.54, 1.807) is 36.0 Å². The molecular weight excluding hydrogens is 221 g/mol. The SMILES string of the molecule is C[n+]1ccccc1-c1n[nH]c(C(F)(F)F)n1. The Kier molecular flexibility index (Phi) is 2.37. The van der Waals surface area contributed by atoms with Crippen LogP contribution in [0.2, 0.25) is 0 Å². The topological polar surface area (TPSA) is 45.5 Å². The van der Waals surface area contributed by atoms with Crippen molar-refractivity contribution < 1.29 is 17.7 Å². The van der Waals surface area contributed by atoms with Gasteiger partial charge in [0.2, 0.25) is 11.6 Å². The third kappa shape index (κ3) is 1.88. The van der Waals surface area contributed by atoms with Crippen LogP contribution in [0.15, 0.2) is 24.4 Å². The Labute approximate surface area is 88.8 Å². The number of nitrogens with one attached hydrogen (secondary N) is 1. The van der Waals surface area contributed by atoms with Crippen LogP contribution in [0.3, 0.4) is 0 Å².